The van der Waals surface area contributed by atoms with Crippen molar-refractivity contribution < 1.29 is 14.3 Å². The van der Waals surface area contributed by atoms with Gasteiger partial charge < -0.3 is 19.9 Å². The van der Waals surface area contributed by atoms with E-state index in [0.29, 0.717) is 19.6 Å². The third kappa shape index (κ3) is 3.37. The molecule has 3 aliphatic rings. The molecule has 0 saturated carbocycles. The molecule has 3 aliphatic heterocycles. The number of benzene rings is 2. The summed E-state index contributed by atoms with van der Waals surface area (Å²) in [7, 11) is 0. The number of nitrogens with one attached hydrogen (secondary N) is 2. The maximum absolute atomic E-state index is 13.3. The molecule has 1 spiro atoms. The number of nitrogens with zero attached hydrogens (tertiary/aromatic N) is 1. The number of rotatable bonds is 7. The van der Waals surface area contributed by atoms with E-state index in [9.17, 15) is 9.59 Å². The first-order chi connectivity index (χ1) is 16.1. The summed E-state index contributed by atoms with van der Waals surface area (Å²) in [4.78, 5) is 31.7. The van der Waals surface area contributed by atoms with Gasteiger partial charge in [0.05, 0.1) is 24.5 Å². The number of carbonyl (C=O) groups is 2. The Balaban J connectivity index is 1.11. The van der Waals surface area contributed by atoms with Crippen LogP contribution in [0.3, 0.4) is 0 Å². The second-order valence-electron chi connectivity index (χ2n) is 9.30. The molecule has 6 rings (SSSR count). The molecule has 2 N–H and O–H groups in total. The van der Waals surface area contributed by atoms with Crippen molar-refractivity contribution in [3.05, 3.63) is 84.1 Å². The smallest absolute Gasteiger partial charge is 0.230 e. The zero-order valence-electron chi connectivity index (χ0n) is 18.4. The molecule has 3 aromatic rings. The minimum atomic E-state index is -0.655. The van der Waals surface area contributed by atoms with Gasteiger partial charge in [0, 0.05) is 30.2 Å². The lowest BCUT2D eigenvalue weighted by molar-refractivity contribution is -0.137. The molecule has 1 aromatic heterocycles. The molecule has 2 amide bonds. The molecule has 2 fully saturated rings. The van der Waals surface area contributed by atoms with Crippen molar-refractivity contribution in [3.63, 3.8) is 0 Å². The average molecular weight is 442 g/mol. The molecule has 4 heterocycles. The number of amides is 2. The number of H-pyrrole nitrogens is 1. The van der Waals surface area contributed by atoms with Crippen LogP contribution in [0.2, 0.25) is 0 Å². The van der Waals surface area contributed by atoms with Crippen molar-refractivity contribution in [1.82, 2.24) is 15.2 Å². The van der Waals surface area contributed by atoms with Crippen LogP contribution in [-0.2, 0) is 27.2 Å². The van der Waals surface area contributed by atoms with Crippen molar-refractivity contribution >= 4 is 22.7 Å². The van der Waals surface area contributed by atoms with Crippen LogP contribution in [0.4, 0.5) is 0 Å². The van der Waals surface area contributed by atoms with Crippen molar-refractivity contribution in [2.24, 2.45) is 11.8 Å². The second-order valence-corrected chi connectivity index (χ2v) is 9.30. The molecule has 6 nitrogen and oxygen atoms in total. The standard InChI is InChI=1S/C27H27N3O3/c31-25(28-14-11-19-16-29-21-9-5-4-8-20(19)21)23-22-10-13-27(33-22)17-30(26(32)24(23)27)15-12-18-6-2-1-3-7-18/h1-10,13,16,22-24,29H,11-12,14-15,17H2,(H,28,31)/t22-,23+,24+,27+/m1/s1. The average Bonchev–Trinajstić information content (AvgIpc) is 3.58. The molecule has 0 aliphatic carbocycles. The molecule has 2 bridgehead atoms. The zero-order chi connectivity index (χ0) is 22.4. The molecule has 2 aromatic carbocycles. The van der Waals surface area contributed by atoms with Crippen LogP contribution in [0.1, 0.15) is 11.1 Å². The van der Waals surface area contributed by atoms with E-state index in [1.54, 1.807) is 0 Å². The number of para-hydroxylation sites is 1. The largest absolute Gasteiger partial charge is 0.361 e. The van der Waals surface area contributed by atoms with Gasteiger partial charge in [-0.3, -0.25) is 9.59 Å². The maximum atomic E-state index is 13.3. The monoisotopic (exact) mass is 441 g/mol. The lowest BCUT2D eigenvalue weighted by Gasteiger charge is -2.23. The van der Waals surface area contributed by atoms with Gasteiger partial charge in [0.25, 0.3) is 0 Å². The minimum absolute atomic E-state index is 0.0366. The molecular weight excluding hydrogens is 414 g/mol. The quantitative estimate of drug-likeness (QED) is 0.554. The number of fused-ring (bicyclic) bond motifs is 2. The van der Waals surface area contributed by atoms with Crippen LogP contribution < -0.4 is 5.32 Å². The normalized spacial score (nSPS) is 27.5. The first-order valence-corrected chi connectivity index (χ1v) is 11.7. The SMILES string of the molecule is O=C(NCCc1c[nH]c2ccccc12)[C@@H]1[C@H]2C(=O)N(CCc3ccccc3)C[C@@]23C=C[C@H]1O3. The number of aromatic amines is 1. The topological polar surface area (TPSA) is 74.4 Å². The Morgan fingerprint density at radius 1 is 1.12 bits per heavy atom. The number of hydrogen-bond donors (Lipinski definition) is 2. The van der Waals surface area contributed by atoms with Gasteiger partial charge in [0.1, 0.15) is 5.60 Å². The van der Waals surface area contributed by atoms with Gasteiger partial charge in [-0.1, -0.05) is 60.7 Å². The van der Waals surface area contributed by atoms with Crippen molar-refractivity contribution in [2.45, 2.75) is 24.5 Å². The summed E-state index contributed by atoms with van der Waals surface area (Å²) in [6, 6.07) is 18.3. The number of likely N-dealkylation sites (tertiary alicyclic amines) is 1. The Labute approximate surface area is 192 Å². The fraction of sp³-hybridized carbons (Fsp3) is 0.333. The van der Waals surface area contributed by atoms with Crippen LogP contribution >= 0.6 is 0 Å². The van der Waals surface area contributed by atoms with Crippen molar-refractivity contribution in [1.29, 1.82) is 0 Å². The van der Waals surface area contributed by atoms with Crippen molar-refractivity contribution in [2.75, 3.05) is 19.6 Å². The van der Waals surface area contributed by atoms with Crippen LogP contribution in [0, 0.1) is 11.8 Å². The fourth-order valence-electron chi connectivity index (χ4n) is 5.75. The first-order valence-electron chi connectivity index (χ1n) is 11.7. The summed E-state index contributed by atoms with van der Waals surface area (Å²) >= 11 is 0. The number of ether oxygens (including phenoxy) is 1. The van der Waals surface area contributed by atoms with E-state index >= 15 is 0 Å². The summed E-state index contributed by atoms with van der Waals surface area (Å²) in [5.41, 5.74) is 2.82. The summed E-state index contributed by atoms with van der Waals surface area (Å²) < 4.78 is 6.24. The summed E-state index contributed by atoms with van der Waals surface area (Å²) in [5, 5.41) is 4.26. The Kier molecular flexibility index (Phi) is 4.84. The molecule has 0 unspecified atom stereocenters. The van der Waals surface area contributed by atoms with E-state index in [4.69, 9.17) is 4.74 Å². The number of carbonyl (C=O) groups excluding carboxylic acids is 2. The van der Waals surface area contributed by atoms with Gasteiger partial charge in [0.2, 0.25) is 11.8 Å². The minimum Gasteiger partial charge on any atom is -0.361 e. The predicted octanol–water partition coefficient (Wildman–Crippen LogP) is 2.85. The highest BCUT2D eigenvalue weighted by atomic mass is 16.5. The summed E-state index contributed by atoms with van der Waals surface area (Å²) in [5.74, 6) is -0.951. The number of aromatic nitrogens is 1. The molecule has 0 radical (unpaired) electrons. The molecule has 2 saturated heterocycles. The van der Waals surface area contributed by atoms with E-state index in [1.165, 1.54) is 16.5 Å². The Morgan fingerprint density at radius 3 is 2.82 bits per heavy atom. The van der Waals surface area contributed by atoms with Crippen molar-refractivity contribution in [3.8, 4) is 0 Å². The Bertz CT molecular complexity index is 1230. The van der Waals surface area contributed by atoms with Crippen LogP contribution in [-0.4, -0.2) is 53.0 Å². The van der Waals surface area contributed by atoms with Crippen LogP contribution in [0.5, 0.6) is 0 Å². The highest BCUT2D eigenvalue weighted by Gasteiger charge is 2.66. The lowest BCUT2D eigenvalue weighted by atomic mass is 9.77. The molecular formula is C27H27N3O3. The van der Waals surface area contributed by atoms with Crippen LogP contribution in [0.15, 0.2) is 72.9 Å². The van der Waals surface area contributed by atoms with Crippen LogP contribution in [0.25, 0.3) is 10.9 Å². The summed E-state index contributed by atoms with van der Waals surface area (Å²) in [6.07, 6.45) is 7.19. The Morgan fingerprint density at radius 2 is 1.94 bits per heavy atom. The highest BCUT2D eigenvalue weighted by Crippen LogP contribution is 2.51. The predicted molar refractivity (Wildman–Crippen MR) is 125 cm³/mol. The van der Waals surface area contributed by atoms with Gasteiger partial charge in [-0.05, 0) is 30.0 Å². The number of hydrogen-bond acceptors (Lipinski definition) is 3. The van der Waals surface area contributed by atoms with Gasteiger partial charge in [-0.15, -0.1) is 0 Å². The van der Waals surface area contributed by atoms with E-state index in [0.717, 1.165) is 18.4 Å². The van der Waals surface area contributed by atoms with Gasteiger partial charge in [-0.2, -0.15) is 0 Å². The second kappa shape index (κ2) is 7.89. The Hall–Kier alpha value is -3.38. The summed E-state index contributed by atoms with van der Waals surface area (Å²) in [6.45, 7) is 1.69. The third-order valence-electron chi connectivity index (χ3n) is 7.36. The zero-order valence-corrected chi connectivity index (χ0v) is 18.4. The lowest BCUT2D eigenvalue weighted by Crippen LogP contribution is -2.44. The first kappa shape index (κ1) is 20.2. The molecule has 6 heteroatoms. The fourth-order valence-corrected chi connectivity index (χ4v) is 5.75. The molecule has 4 atom stereocenters. The van der Waals surface area contributed by atoms with E-state index in [1.807, 2.05) is 59.6 Å². The van der Waals surface area contributed by atoms with E-state index in [2.05, 4.69) is 28.5 Å². The van der Waals surface area contributed by atoms with E-state index < -0.39 is 17.4 Å². The van der Waals surface area contributed by atoms with Gasteiger partial charge >= 0.3 is 0 Å². The van der Waals surface area contributed by atoms with E-state index in [-0.39, 0.29) is 17.9 Å². The highest BCUT2D eigenvalue weighted by molar-refractivity contribution is 5.93. The maximum Gasteiger partial charge on any atom is 0.230 e. The molecule has 168 valence electrons. The van der Waals surface area contributed by atoms with Gasteiger partial charge in [-0.25, -0.2) is 0 Å². The van der Waals surface area contributed by atoms with Gasteiger partial charge in [0.15, 0.2) is 0 Å². The molecule has 33 heavy (non-hydrogen) atoms. The third-order valence-corrected chi connectivity index (χ3v) is 7.36.